The van der Waals surface area contributed by atoms with Gasteiger partial charge in [0.05, 0.1) is 6.54 Å². The van der Waals surface area contributed by atoms with Crippen LogP contribution in [0.15, 0.2) is 42.5 Å². The number of hydrogen-bond acceptors (Lipinski definition) is 3. The predicted molar refractivity (Wildman–Crippen MR) is 79.8 cm³/mol. The van der Waals surface area contributed by atoms with E-state index in [1.807, 2.05) is 0 Å². The van der Waals surface area contributed by atoms with E-state index in [9.17, 15) is 9.18 Å². The zero-order chi connectivity index (χ0) is 15.2. The molecule has 1 amide bonds. The minimum Gasteiger partial charge on any atom is -0.492 e. The molecule has 0 bridgehead atoms. The molecule has 0 aliphatic heterocycles. The summed E-state index contributed by atoms with van der Waals surface area (Å²) in [5, 5.41) is 2.69. The minimum absolute atomic E-state index is 0.309. The second-order valence-electron chi connectivity index (χ2n) is 4.64. The van der Waals surface area contributed by atoms with E-state index in [0.717, 1.165) is 5.56 Å². The number of nitrogens with two attached hydrogens (primary N) is 1. The first kappa shape index (κ1) is 14.8. The van der Waals surface area contributed by atoms with Crippen molar-refractivity contribution >= 4 is 11.6 Å². The number of anilines is 1. The molecule has 5 heteroatoms. The van der Waals surface area contributed by atoms with E-state index in [1.165, 1.54) is 12.1 Å². The average molecular weight is 288 g/mol. The van der Waals surface area contributed by atoms with E-state index in [-0.39, 0.29) is 5.91 Å². The number of amides is 1. The van der Waals surface area contributed by atoms with Crippen LogP contribution in [0.1, 0.15) is 15.9 Å². The van der Waals surface area contributed by atoms with Gasteiger partial charge in [0.25, 0.3) is 5.91 Å². The first-order valence-corrected chi connectivity index (χ1v) is 6.59. The molecule has 2 rings (SSSR count). The molecule has 0 aromatic heterocycles. The number of carbonyl (C=O) groups is 1. The van der Waals surface area contributed by atoms with Gasteiger partial charge in [-0.1, -0.05) is 12.1 Å². The quantitative estimate of drug-likeness (QED) is 0.656. The van der Waals surface area contributed by atoms with Crippen LogP contribution in [0.25, 0.3) is 0 Å². The molecule has 3 N–H and O–H groups in total. The van der Waals surface area contributed by atoms with Gasteiger partial charge in [-0.25, -0.2) is 4.39 Å². The van der Waals surface area contributed by atoms with Crippen LogP contribution in [0.5, 0.6) is 5.75 Å². The lowest BCUT2D eigenvalue weighted by Crippen LogP contribution is -2.28. The molecule has 0 spiro atoms. The van der Waals surface area contributed by atoms with Gasteiger partial charge in [0, 0.05) is 17.3 Å². The summed E-state index contributed by atoms with van der Waals surface area (Å²) in [6, 6.07) is 11.2. The summed E-state index contributed by atoms with van der Waals surface area (Å²) < 4.78 is 18.6. The maximum absolute atomic E-state index is 13.1. The van der Waals surface area contributed by atoms with E-state index in [4.69, 9.17) is 10.5 Å². The molecule has 0 heterocycles. The Morgan fingerprint density at radius 1 is 1.29 bits per heavy atom. The van der Waals surface area contributed by atoms with Crippen molar-refractivity contribution in [2.75, 3.05) is 18.9 Å². The number of carbonyl (C=O) groups excluding carboxylic acids is 1. The van der Waals surface area contributed by atoms with Gasteiger partial charge in [0.1, 0.15) is 18.2 Å². The second kappa shape index (κ2) is 6.74. The summed E-state index contributed by atoms with van der Waals surface area (Å²) in [4.78, 5) is 11.9. The Hall–Kier alpha value is -2.56. The van der Waals surface area contributed by atoms with Crippen LogP contribution in [-0.4, -0.2) is 19.1 Å². The third-order valence-electron chi connectivity index (χ3n) is 2.96. The van der Waals surface area contributed by atoms with Crippen LogP contribution in [0, 0.1) is 12.7 Å². The highest BCUT2D eigenvalue weighted by Crippen LogP contribution is 2.14. The highest BCUT2D eigenvalue weighted by molar-refractivity contribution is 5.95. The molecule has 2 aromatic rings. The monoisotopic (exact) mass is 288 g/mol. The molecular weight excluding hydrogens is 271 g/mol. The number of hydrogen-bond donors (Lipinski definition) is 2. The first-order chi connectivity index (χ1) is 10.1. The molecule has 0 fully saturated rings. The molecule has 0 radical (unpaired) electrons. The minimum atomic E-state index is -0.429. The smallest absolute Gasteiger partial charge is 0.251 e. The largest absolute Gasteiger partial charge is 0.492 e. The summed E-state index contributed by atoms with van der Waals surface area (Å²) >= 11 is 0. The van der Waals surface area contributed by atoms with E-state index in [2.05, 4.69) is 5.32 Å². The lowest BCUT2D eigenvalue weighted by Gasteiger charge is -2.09. The fourth-order valence-corrected chi connectivity index (χ4v) is 1.87. The molecule has 110 valence electrons. The summed E-state index contributed by atoms with van der Waals surface area (Å²) in [6.07, 6.45) is 0. The summed E-state index contributed by atoms with van der Waals surface area (Å²) in [5.74, 6) is -0.101. The van der Waals surface area contributed by atoms with Crippen molar-refractivity contribution in [3.8, 4) is 5.75 Å². The van der Waals surface area contributed by atoms with Gasteiger partial charge < -0.3 is 15.8 Å². The first-order valence-electron chi connectivity index (χ1n) is 6.59. The van der Waals surface area contributed by atoms with Crippen molar-refractivity contribution in [3.63, 3.8) is 0 Å². The Labute approximate surface area is 122 Å². The summed E-state index contributed by atoms with van der Waals surface area (Å²) in [5.41, 5.74) is 7.31. The van der Waals surface area contributed by atoms with Crippen molar-refractivity contribution in [2.24, 2.45) is 0 Å². The molecule has 0 aliphatic rings. The highest BCUT2D eigenvalue weighted by atomic mass is 19.1. The zero-order valence-corrected chi connectivity index (χ0v) is 11.7. The van der Waals surface area contributed by atoms with Crippen molar-refractivity contribution in [3.05, 3.63) is 59.4 Å². The van der Waals surface area contributed by atoms with Crippen LogP contribution in [0.3, 0.4) is 0 Å². The van der Waals surface area contributed by atoms with Crippen molar-refractivity contribution in [1.82, 2.24) is 5.32 Å². The van der Waals surface area contributed by atoms with Gasteiger partial charge in [-0.15, -0.1) is 0 Å². The molecule has 0 saturated heterocycles. The second-order valence-corrected chi connectivity index (χ2v) is 4.64. The molecule has 4 nitrogen and oxygen atoms in total. The SMILES string of the molecule is Cc1ccc(F)cc1C(=O)NCCOc1cccc(N)c1. The molecule has 0 atom stereocenters. The van der Waals surface area contributed by atoms with Gasteiger partial charge in [0.15, 0.2) is 0 Å². The van der Waals surface area contributed by atoms with Crippen LogP contribution in [0.4, 0.5) is 10.1 Å². The Kier molecular flexibility index (Phi) is 4.77. The number of aryl methyl sites for hydroxylation is 1. The zero-order valence-electron chi connectivity index (χ0n) is 11.7. The molecular formula is C16H17FN2O2. The van der Waals surface area contributed by atoms with Crippen molar-refractivity contribution in [2.45, 2.75) is 6.92 Å². The van der Waals surface area contributed by atoms with Crippen LogP contribution < -0.4 is 15.8 Å². The average Bonchev–Trinajstić information content (AvgIpc) is 2.46. The Morgan fingerprint density at radius 3 is 2.86 bits per heavy atom. The van der Waals surface area contributed by atoms with Gasteiger partial charge in [-0.3, -0.25) is 4.79 Å². The molecule has 0 aliphatic carbocycles. The van der Waals surface area contributed by atoms with E-state index >= 15 is 0 Å². The number of rotatable bonds is 5. The lowest BCUT2D eigenvalue weighted by molar-refractivity contribution is 0.0946. The maximum atomic E-state index is 13.1. The van der Waals surface area contributed by atoms with Gasteiger partial charge in [0.2, 0.25) is 0 Å². The van der Waals surface area contributed by atoms with E-state index in [1.54, 1.807) is 37.3 Å². The standard InChI is InChI=1S/C16H17FN2O2/c1-11-5-6-12(17)9-15(11)16(20)19-7-8-21-14-4-2-3-13(18)10-14/h2-6,9-10H,7-8,18H2,1H3,(H,19,20). The van der Waals surface area contributed by atoms with Crippen LogP contribution in [-0.2, 0) is 0 Å². The third-order valence-corrected chi connectivity index (χ3v) is 2.96. The summed E-state index contributed by atoms with van der Waals surface area (Å²) in [7, 11) is 0. The Morgan fingerprint density at radius 2 is 2.10 bits per heavy atom. The normalized spacial score (nSPS) is 10.2. The number of ether oxygens (including phenoxy) is 1. The van der Waals surface area contributed by atoms with Gasteiger partial charge in [-0.2, -0.15) is 0 Å². The molecule has 0 unspecified atom stereocenters. The molecule has 21 heavy (non-hydrogen) atoms. The predicted octanol–water partition coefficient (Wildman–Crippen LogP) is 2.53. The maximum Gasteiger partial charge on any atom is 0.251 e. The van der Waals surface area contributed by atoms with Crippen molar-refractivity contribution in [1.29, 1.82) is 0 Å². The van der Waals surface area contributed by atoms with E-state index in [0.29, 0.717) is 30.2 Å². The Bertz CT molecular complexity index is 644. The summed E-state index contributed by atoms with van der Waals surface area (Å²) in [6.45, 7) is 2.39. The topological polar surface area (TPSA) is 64.3 Å². The number of halogens is 1. The fourth-order valence-electron chi connectivity index (χ4n) is 1.87. The van der Waals surface area contributed by atoms with Gasteiger partial charge >= 0.3 is 0 Å². The fraction of sp³-hybridized carbons (Fsp3) is 0.188. The molecule has 0 saturated carbocycles. The van der Waals surface area contributed by atoms with E-state index < -0.39 is 5.82 Å². The van der Waals surface area contributed by atoms with Crippen molar-refractivity contribution < 1.29 is 13.9 Å². The molecule has 2 aromatic carbocycles. The van der Waals surface area contributed by atoms with Crippen LogP contribution >= 0.6 is 0 Å². The number of nitrogens with one attached hydrogen (secondary N) is 1. The number of nitrogen functional groups attached to an aromatic ring is 1. The van der Waals surface area contributed by atoms with Gasteiger partial charge in [-0.05, 0) is 36.8 Å². The lowest BCUT2D eigenvalue weighted by atomic mass is 10.1. The third kappa shape index (κ3) is 4.21. The van der Waals surface area contributed by atoms with Crippen LogP contribution in [0.2, 0.25) is 0 Å². The Balaban J connectivity index is 1.83. The highest BCUT2D eigenvalue weighted by Gasteiger charge is 2.09. The number of benzene rings is 2.